The van der Waals surface area contributed by atoms with E-state index >= 15 is 0 Å². The van der Waals surface area contributed by atoms with Gasteiger partial charge in [0.2, 0.25) is 0 Å². The Bertz CT molecular complexity index is 239. The van der Waals surface area contributed by atoms with Crippen molar-refractivity contribution in [3.05, 3.63) is 0 Å². The van der Waals surface area contributed by atoms with Crippen LogP contribution in [0, 0.1) is 5.41 Å². The second-order valence-corrected chi connectivity index (χ2v) is 5.62. The Balaban J connectivity index is 2.46. The van der Waals surface area contributed by atoms with E-state index in [9.17, 15) is 4.79 Å². The van der Waals surface area contributed by atoms with Gasteiger partial charge < -0.3 is 15.7 Å². The van der Waals surface area contributed by atoms with Crippen molar-refractivity contribution in [3.8, 4) is 0 Å². The van der Waals surface area contributed by atoms with Gasteiger partial charge in [-0.05, 0) is 46.7 Å². The van der Waals surface area contributed by atoms with Crippen LogP contribution >= 0.6 is 0 Å². The minimum absolute atomic E-state index is 0.0656. The molecule has 1 aliphatic heterocycles. The first-order valence-corrected chi connectivity index (χ1v) is 5.48. The van der Waals surface area contributed by atoms with E-state index in [1.165, 1.54) is 0 Å². The van der Waals surface area contributed by atoms with Crippen molar-refractivity contribution in [2.75, 3.05) is 19.6 Å². The van der Waals surface area contributed by atoms with Crippen molar-refractivity contribution in [2.45, 2.75) is 39.2 Å². The number of nitrogens with zero attached hydrogens (tertiary/aromatic N) is 1. The van der Waals surface area contributed by atoms with Crippen LogP contribution in [-0.4, -0.2) is 41.1 Å². The average molecular weight is 214 g/mol. The van der Waals surface area contributed by atoms with Gasteiger partial charge in [-0.2, -0.15) is 0 Å². The predicted octanol–water partition coefficient (Wildman–Crippen LogP) is 0.910. The maximum atomic E-state index is 11.0. The molecular weight excluding hydrogens is 192 g/mol. The summed E-state index contributed by atoms with van der Waals surface area (Å²) in [5, 5.41) is 9.02. The lowest BCUT2D eigenvalue weighted by atomic mass is 9.88. The van der Waals surface area contributed by atoms with E-state index in [0.717, 1.165) is 25.9 Å². The number of carboxylic acid groups (broad SMARTS) is 1. The zero-order valence-electron chi connectivity index (χ0n) is 9.92. The molecule has 4 heteroatoms. The Morgan fingerprint density at radius 3 is 2.33 bits per heavy atom. The number of nitrogens with two attached hydrogens (primary N) is 1. The highest BCUT2D eigenvalue weighted by atomic mass is 16.4. The minimum atomic E-state index is -0.733. The smallest absolute Gasteiger partial charge is 0.310 e. The molecule has 1 heterocycles. The summed E-state index contributed by atoms with van der Waals surface area (Å²) in [4.78, 5) is 13.2. The van der Waals surface area contributed by atoms with E-state index in [4.69, 9.17) is 10.8 Å². The van der Waals surface area contributed by atoms with Gasteiger partial charge in [0.15, 0.2) is 0 Å². The predicted molar refractivity (Wildman–Crippen MR) is 59.7 cm³/mol. The van der Waals surface area contributed by atoms with E-state index in [0.29, 0.717) is 6.54 Å². The molecule has 15 heavy (non-hydrogen) atoms. The van der Waals surface area contributed by atoms with Gasteiger partial charge in [-0.15, -0.1) is 0 Å². The SMILES string of the molecule is CC1(N)CCN(CC(C)(C)C(=O)O)CC1. The second-order valence-electron chi connectivity index (χ2n) is 5.62. The number of hydrogen-bond acceptors (Lipinski definition) is 3. The molecule has 0 spiro atoms. The maximum Gasteiger partial charge on any atom is 0.310 e. The van der Waals surface area contributed by atoms with Gasteiger partial charge in [-0.1, -0.05) is 0 Å². The highest BCUT2D eigenvalue weighted by molar-refractivity contribution is 5.73. The lowest BCUT2D eigenvalue weighted by Crippen LogP contribution is -2.51. The molecule has 3 N–H and O–H groups in total. The van der Waals surface area contributed by atoms with E-state index < -0.39 is 11.4 Å². The Labute approximate surface area is 91.4 Å². The van der Waals surface area contributed by atoms with Gasteiger partial charge in [0.1, 0.15) is 0 Å². The molecular formula is C11H22N2O2. The summed E-state index contributed by atoms with van der Waals surface area (Å²) < 4.78 is 0. The fraction of sp³-hybridized carbons (Fsp3) is 0.909. The number of piperidine rings is 1. The van der Waals surface area contributed by atoms with Crippen molar-refractivity contribution >= 4 is 5.97 Å². The van der Waals surface area contributed by atoms with Crippen molar-refractivity contribution < 1.29 is 9.90 Å². The molecule has 0 aliphatic carbocycles. The molecule has 0 radical (unpaired) electrons. The van der Waals surface area contributed by atoms with Crippen molar-refractivity contribution in [1.29, 1.82) is 0 Å². The topological polar surface area (TPSA) is 66.6 Å². The zero-order chi connectivity index (χ0) is 11.7. The molecule has 0 amide bonds. The third-order valence-electron chi connectivity index (χ3n) is 3.20. The quantitative estimate of drug-likeness (QED) is 0.733. The first-order valence-electron chi connectivity index (χ1n) is 5.48. The van der Waals surface area contributed by atoms with Gasteiger partial charge >= 0.3 is 5.97 Å². The lowest BCUT2D eigenvalue weighted by molar-refractivity contribution is -0.148. The number of carbonyl (C=O) groups is 1. The summed E-state index contributed by atoms with van der Waals surface area (Å²) in [7, 11) is 0. The molecule has 4 nitrogen and oxygen atoms in total. The Morgan fingerprint density at radius 2 is 1.93 bits per heavy atom. The second kappa shape index (κ2) is 4.10. The van der Waals surface area contributed by atoms with Gasteiger partial charge in [0, 0.05) is 12.1 Å². The maximum absolute atomic E-state index is 11.0. The molecule has 0 unspecified atom stereocenters. The van der Waals surface area contributed by atoms with Crippen LogP contribution in [0.2, 0.25) is 0 Å². The first kappa shape index (κ1) is 12.5. The van der Waals surface area contributed by atoms with Crippen LogP contribution in [0.3, 0.4) is 0 Å². The fourth-order valence-corrected chi connectivity index (χ4v) is 1.85. The Morgan fingerprint density at radius 1 is 1.47 bits per heavy atom. The lowest BCUT2D eigenvalue weighted by Gasteiger charge is -2.39. The molecule has 0 atom stereocenters. The molecule has 0 bridgehead atoms. The summed E-state index contributed by atoms with van der Waals surface area (Å²) in [5.41, 5.74) is 5.29. The van der Waals surface area contributed by atoms with Crippen LogP contribution in [0.1, 0.15) is 33.6 Å². The van der Waals surface area contributed by atoms with Gasteiger partial charge in [-0.3, -0.25) is 4.79 Å². The van der Waals surface area contributed by atoms with Crippen molar-refractivity contribution in [1.82, 2.24) is 4.90 Å². The Hall–Kier alpha value is -0.610. The molecule has 1 rings (SSSR count). The first-order chi connectivity index (χ1) is 6.73. The van der Waals surface area contributed by atoms with Crippen molar-refractivity contribution in [3.63, 3.8) is 0 Å². The van der Waals surface area contributed by atoms with Crippen LogP contribution in [0.25, 0.3) is 0 Å². The molecule has 1 aliphatic rings. The number of carboxylic acids is 1. The largest absolute Gasteiger partial charge is 0.481 e. The van der Waals surface area contributed by atoms with Crippen LogP contribution in [0.4, 0.5) is 0 Å². The fourth-order valence-electron chi connectivity index (χ4n) is 1.85. The highest BCUT2D eigenvalue weighted by Crippen LogP contribution is 2.23. The summed E-state index contributed by atoms with van der Waals surface area (Å²) in [6, 6.07) is 0. The number of hydrogen-bond donors (Lipinski definition) is 2. The standard InChI is InChI=1S/C11H22N2O2/c1-10(2,9(14)15)8-13-6-4-11(3,12)5-7-13/h4-8,12H2,1-3H3,(H,14,15). The molecule has 0 saturated carbocycles. The third-order valence-corrected chi connectivity index (χ3v) is 3.20. The van der Waals surface area contributed by atoms with Crippen LogP contribution in [0.15, 0.2) is 0 Å². The summed E-state index contributed by atoms with van der Waals surface area (Å²) in [5.74, 6) is -0.733. The van der Waals surface area contributed by atoms with Gasteiger partial charge in [0.25, 0.3) is 0 Å². The number of rotatable bonds is 3. The third kappa shape index (κ3) is 3.47. The van der Waals surface area contributed by atoms with Crippen molar-refractivity contribution in [2.24, 2.45) is 11.1 Å². The number of likely N-dealkylation sites (tertiary alicyclic amines) is 1. The van der Waals surface area contributed by atoms with Crippen LogP contribution < -0.4 is 5.73 Å². The molecule has 1 fully saturated rings. The van der Waals surface area contributed by atoms with E-state index in [2.05, 4.69) is 11.8 Å². The molecule has 0 aromatic heterocycles. The number of aliphatic carboxylic acids is 1. The summed E-state index contributed by atoms with van der Waals surface area (Å²) >= 11 is 0. The molecule has 0 aromatic carbocycles. The van der Waals surface area contributed by atoms with Gasteiger partial charge in [-0.25, -0.2) is 0 Å². The zero-order valence-corrected chi connectivity index (χ0v) is 9.92. The molecule has 0 aromatic rings. The summed E-state index contributed by atoms with van der Waals surface area (Å²) in [6.45, 7) is 8.02. The van der Waals surface area contributed by atoms with Gasteiger partial charge in [0.05, 0.1) is 5.41 Å². The highest BCUT2D eigenvalue weighted by Gasteiger charge is 2.33. The van der Waals surface area contributed by atoms with E-state index in [-0.39, 0.29) is 5.54 Å². The molecule has 1 saturated heterocycles. The van der Waals surface area contributed by atoms with Crippen LogP contribution in [0.5, 0.6) is 0 Å². The Kier molecular flexibility index (Phi) is 3.41. The monoisotopic (exact) mass is 214 g/mol. The summed E-state index contributed by atoms with van der Waals surface area (Å²) in [6.07, 6.45) is 1.89. The molecule has 88 valence electrons. The average Bonchev–Trinajstić information content (AvgIpc) is 2.08. The normalized spacial score (nSPS) is 22.7. The van der Waals surface area contributed by atoms with E-state index in [1.807, 2.05) is 0 Å². The van der Waals surface area contributed by atoms with Crippen LogP contribution in [-0.2, 0) is 4.79 Å². The minimum Gasteiger partial charge on any atom is -0.481 e. The van der Waals surface area contributed by atoms with E-state index in [1.54, 1.807) is 13.8 Å².